The number of hydrogen-bond donors (Lipinski definition) is 0. The molecule has 0 fully saturated rings. The minimum absolute atomic E-state index is 0.125. The second-order valence-electron chi connectivity index (χ2n) is 20.1. The van der Waals surface area contributed by atoms with Gasteiger partial charge in [-0.1, -0.05) is 161 Å². The van der Waals surface area contributed by atoms with Gasteiger partial charge in [-0.3, -0.25) is 0 Å². The Bertz CT molecular complexity index is 3960. The summed E-state index contributed by atoms with van der Waals surface area (Å²) < 4.78 is 8.98. The van der Waals surface area contributed by atoms with Crippen LogP contribution in [0.2, 0.25) is 0 Å². The summed E-state index contributed by atoms with van der Waals surface area (Å²) in [5.41, 5.74) is 23.9. The van der Waals surface area contributed by atoms with E-state index in [0.29, 0.717) is 0 Å². The Morgan fingerprint density at radius 2 is 0.870 bits per heavy atom. The van der Waals surface area contributed by atoms with E-state index in [1.54, 1.807) is 0 Å². The van der Waals surface area contributed by atoms with Crippen LogP contribution in [0.15, 0.2) is 223 Å². The van der Waals surface area contributed by atoms with E-state index in [0.717, 1.165) is 61.4 Å². The van der Waals surface area contributed by atoms with Crippen LogP contribution < -0.4 is 4.90 Å². The van der Waals surface area contributed by atoms with Gasteiger partial charge in [-0.15, -0.1) is 0 Å². The van der Waals surface area contributed by atoms with Crippen LogP contribution in [0.25, 0.3) is 93.9 Å². The zero-order valence-corrected chi connectivity index (χ0v) is 39.1. The topological polar surface area (TPSA) is 21.3 Å². The predicted molar refractivity (Wildman–Crippen MR) is 289 cm³/mol. The van der Waals surface area contributed by atoms with E-state index in [1.807, 2.05) is 0 Å². The minimum Gasteiger partial charge on any atom is -0.456 e. The zero-order chi connectivity index (χ0) is 46.2. The van der Waals surface area contributed by atoms with E-state index in [2.05, 4.69) is 256 Å². The van der Waals surface area contributed by atoms with Crippen molar-refractivity contribution < 1.29 is 4.42 Å². The van der Waals surface area contributed by atoms with Crippen LogP contribution in [0.4, 0.5) is 17.1 Å². The lowest BCUT2D eigenvalue weighted by Gasteiger charge is -2.30. The fraction of sp³-hybridized carbons (Fsp3) is 0.0909. The van der Waals surface area contributed by atoms with Crippen molar-refractivity contribution in [2.45, 2.75) is 38.5 Å². The Balaban J connectivity index is 0.883. The second-order valence-corrected chi connectivity index (χ2v) is 20.1. The first kappa shape index (κ1) is 39.7. The van der Waals surface area contributed by atoms with Gasteiger partial charge in [0.2, 0.25) is 0 Å². The molecule has 3 heteroatoms. The van der Waals surface area contributed by atoms with E-state index in [4.69, 9.17) is 4.42 Å². The van der Waals surface area contributed by atoms with Crippen molar-refractivity contribution in [2.24, 2.45) is 0 Å². The number of rotatable bonds is 6. The van der Waals surface area contributed by atoms with Crippen LogP contribution in [0.3, 0.4) is 0 Å². The van der Waals surface area contributed by atoms with Crippen LogP contribution in [-0.2, 0) is 10.8 Å². The average molecular weight is 885 g/mol. The third-order valence-corrected chi connectivity index (χ3v) is 15.6. The van der Waals surface area contributed by atoms with Crippen molar-refractivity contribution >= 4 is 60.8 Å². The first-order chi connectivity index (χ1) is 33.7. The van der Waals surface area contributed by atoms with E-state index in [1.165, 1.54) is 71.9 Å². The summed E-state index contributed by atoms with van der Waals surface area (Å²) in [5, 5.41) is 4.72. The molecule has 0 aliphatic heterocycles. The van der Waals surface area contributed by atoms with Gasteiger partial charge in [0.15, 0.2) is 0 Å². The Morgan fingerprint density at radius 1 is 0.348 bits per heavy atom. The van der Waals surface area contributed by atoms with Crippen molar-refractivity contribution in [3.63, 3.8) is 0 Å². The maximum atomic E-state index is 6.61. The number of aromatic nitrogens is 1. The number of para-hydroxylation sites is 2. The molecule has 0 unspecified atom stereocenters. The van der Waals surface area contributed by atoms with Gasteiger partial charge in [-0.05, 0) is 152 Å². The van der Waals surface area contributed by atoms with Gasteiger partial charge in [0, 0.05) is 55.1 Å². The highest BCUT2D eigenvalue weighted by Gasteiger charge is 2.38. The van der Waals surface area contributed by atoms with E-state index < -0.39 is 0 Å². The lowest BCUT2D eigenvalue weighted by Crippen LogP contribution is -2.18. The highest BCUT2D eigenvalue weighted by molar-refractivity contribution is 6.14. The van der Waals surface area contributed by atoms with E-state index in [9.17, 15) is 0 Å². The molecule has 0 bridgehead atoms. The molecule has 2 aliphatic rings. The monoisotopic (exact) mass is 884 g/mol. The van der Waals surface area contributed by atoms with E-state index in [-0.39, 0.29) is 10.8 Å². The molecule has 0 saturated heterocycles. The highest BCUT2D eigenvalue weighted by atomic mass is 16.3. The summed E-state index contributed by atoms with van der Waals surface area (Å²) in [5.74, 6) is 0. The number of nitrogens with zero attached hydrogens (tertiary/aromatic N) is 2. The molecule has 0 spiro atoms. The molecular weight excluding hydrogens is 837 g/mol. The molecule has 69 heavy (non-hydrogen) atoms. The number of hydrogen-bond acceptors (Lipinski definition) is 2. The van der Waals surface area contributed by atoms with Crippen molar-refractivity contribution in [1.82, 2.24) is 4.57 Å². The molecule has 10 aromatic carbocycles. The molecule has 2 heterocycles. The third kappa shape index (κ3) is 5.80. The molecule has 0 saturated carbocycles. The number of furan rings is 1. The molecule has 0 radical (unpaired) electrons. The van der Waals surface area contributed by atoms with Crippen LogP contribution in [0.1, 0.15) is 49.9 Å². The maximum Gasteiger partial charge on any atom is 0.136 e. The summed E-state index contributed by atoms with van der Waals surface area (Å²) in [7, 11) is 0. The van der Waals surface area contributed by atoms with Crippen molar-refractivity contribution in [1.29, 1.82) is 0 Å². The summed E-state index contributed by atoms with van der Waals surface area (Å²) >= 11 is 0. The average Bonchev–Trinajstić information content (AvgIpc) is 4.07. The highest BCUT2D eigenvalue weighted by Crippen LogP contribution is 2.53. The molecule has 0 atom stereocenters. The Labute approximate surface area is 402 Å². The van der Waals surface area contributed by atoms with Crippen molar-refractivity contribution in [3.05, 3.63) is 241 Å². The molecular formula is C66H48N2O. The maximum absolute atomic E-state index is 6.61. The largest absolute Gasteiger partial charge is 0.456 e. The van der Waals surface area contributed by atoms with Crippen LogP contribution in [-0.4, -0.2) is 4.57 Å². The van der Waals surface area contributed by atoms with Gasteiger partial charge in [0.1, 0.15) is 11.2 Å². The minimum atomic E-state index is -0.125. The zero-order valence-electron chi connectivity index (χ0n) is 39.1. The first-order valence-corrected chi connectivity index (χ1v) is 24.2. The molecule has 2 aliphatic carbocycles. The smallest absolute Gasteiger partial charge is 0.136 e. The van der Waals surface area contributed by atoms with Crippen molar-refractivity contribution in [3.8, 4) is 50.2 Å². The van der Waals surface area contributed by atoms with Crippen LogP contribution in [0, 0.1) is 0 Å². The molecule has 2 aromatic heterocycles. The van der Waals surface area contributed by atoms with Gasteiger partial charge >= 0.3 is 0 Å². The second kappa shape index (κ2) is 14.6. The third-order valence-electron chi connectivity index (χ3n) is 15.6. The molecule has 0 N–H and O–H groups in total. The molecule has 14 rings (SSSR count). The Morgan fingerprint density at radius 3 is 1.55 bits per heavy atom. The molecule has 3 nitrogen and oxygen atoms in total. The number of fused-ring (bicyclic) bond motifs is 12. The van der Waals surface area contributed by atoms with Crippen LogP contribution >= 0.6 is 0 Å². The first-order valence-electron chi connectivity index (χ1n) is 24.2. The Kier molecular flexibility index (Phi) is 8.38. The van der Waals surface area contributed by atoms with Gasteiger partial charge < -0.3 is 13.9 Å². The fourth-order valence-corrected chi connectivity index (χ4v) is 12.2. The van der Waals surface area contributed by atoms with Gasteiger partial charge in [-0.25, -0.2) is 0 Å². The molecule has 12 aromatic rings. The predicted octanol–water partition coefficient (Wildman–Crippen LogP) is 18.1. The quantitative estimate of drug-likeness (QED) is 0.166. The van der Waals surface area contributed by atoms with Crippen molar-refractivity contribution in [2.75, 3.05) is 4.90 Å². The van der Waals surface area contributed by atoms with E-state index >= 15 is 0 Å². The van der Waals surface area contributed by atoms with Crippen LogP contribution in [0.5, 0.6) is 0 Å². The number of benzene rings is 10. The lowest BCUT2D eigenvalue weighted by atomic mass is 9.82. The molecule has 328 valence electrons. The summed E-state index contributed by atoms with van der Waals surface area (Å²) in [6.45, 7) is 9.46. The lowest BCUT2D eigenvalue weighted by molar-refractivity contribution is 0.660. The Hall–Kier alpha value is -8.40. The normalized spacial score (nSPS) is 14.0. The summed E-state index contributed by atoms with van der Waals surface area (Å²) in [6, 6.07) is 80.5. The summed E-state index contributed by atoms with van der Waals surface area (Å²) in [4.78, 5) is 2.46. The van der Waals surface area contributed by atoms with Gasteiger partial charge in [0.25, 0.3) is 0 Å². The fourth-order valence-electron chi connectivity index (χ4n) is 12.2. The molecule has 0 amide bonds. The SMILES string of the molecule is CC1(C)c2ccccc2-c2ccc(N(c3ccc(-c4cccc5oc6ccc(-c7ccc8c(c7)c7ccccc7n8-c7ccccc7)cc6c45)cc3)c3ccc4c(c3)C(C)(C)c3ccccc3-4)cc21. The standard InChI is InChI=1S/C66H48N2O/c1-65(2)56-21-11-8-17-49(56)51-33-31-46(39-58(51)65)67(47-32-34-52-50-18-9-12-22-57(50)66(3,4)59(52)40-47)45-29-25-41(26-30-45)48-20-14-24-63-64(48)55-38-43(28-36-62(55)69-63)42-27-35-61-54(37-42)53-19-10-13-23-60(53)68(61)44-15-6-5-7-16-44/h5-40H,1-4H3. The van der Waals surface area contributed by atoms with Gasteiger partial charge in [-0.2, -0.15) is 0 Å². The summed E-state index contributed by atoms with van der Waals surface area (Å²) in [6.07, 6.45) is 0. The van der Waals surface area contributed by atoms with Gasteiger partial charge in [0.05, 0.1) is 11.0 Å². The number of anilines is 3.